The maximum Gasteiger partial charge on any atom is 0.0713 e. The number of aliphatic hydroxyl groups excluding tert-OH is 1. The number of nitrogens with one attached hydrogen (secondary N) is 1. The van der Waals surface area contributed by atoms with Gasteiger partial charge < -0.3 is 15.2 Å². The Balaban J connectivity index is 1.87. The van der Waals surface area contributed by atoms with Gasteiger partial charge in [0.15, 0.2) is 0 Å². The molecule has 2 aliphatic heterocycles. The van der Waals surface area contributed by atoms with Crippen molar-refractivity contribution in [2.45, 2.75) is 50.3 Å². The summed E-state index contributed by atoms with van der Waals surface area (Å²) in [5.74, 6) is 2.48. The monoisotopic (exact) mass is 245 g/mol. The van der Waals surface area contributed by atoms with Crippen molar-refractivity contribution in [1.82, 2.24) is 5.32 Å². The van der Waals surface area contributed by atoms with Crippen LogP contribution in [0.25, 0.3) is 0 Å². The van der Waals surface area contributed by atoms with Gasteiger partial charge in [-0.2, -0.15) is 11.8 Å². The van der Waals surface area contributed by atoms with Gasteiger partial charge in [0.05, 0.1) is 12.2 Å². The topological polar surface area (TPSA) is 41.5 Å². The number of aliphatic hydroxyl groups is 1. The first-order chi connectivity index (χ1) is 7.74. The average molecular weight is 245 g/mol. The molecule has 2 N–H and O–H groups in total. The standard InChI is InChI=1S/C12H23NO2S/c1-10(9-14)13-11-2-5-15-12(8-11)3-6-16-7-4-12/h10-11,13-14H,2-9H2,1H3. The molecule has 0 amide bonds. The van der Waals surface area contributed by atoms with Gasteiger partial charge in [0.25, 0.3) is 0 Å². The molecule has 2 aliphatic rings. The lowest BCUT2D eigenvalue weighted by Crippen LogP contribution is -2.51. The molecule has 2 rings (SSSR count). The largest absolute Gasteiger partial charge is 0.395 e. The van der Waals surface area contributed by atoms with E-state index >= 15 is 0 Å². The third-order valence-electron chi connectivity index (χ3n) is 3.69. The quantitative estimate of drug-likeness (QED) is 0.789. The van der Waals surface area contributed by atoms with Crippen molar-refractivity contribution in [1.29, 1.82) is 0 Å². The normalized spacial score (nSPS) is 31.5. The molecule has 0 aromatic rings. The number of ether oxygens (including phenoxy) is 1. The van der Waals surface area contributed by atoms with Crippen molar-refractivity contribution in [2.24, 2.45) is 0 Å². The van der Waals surface area contributed by atoms with Crippen LogP contribution in [0.2, 0.25) is 0 Å². The molecule has 4 heteroatoms. The van der Waals surface area contributed by atoms with Gasteiger partial charge in [-0.05, 0) is 44.1 Å². The Morgan fingerprint density at radius 1 is 1.50 bits per heavy atom. The van der Waals surface area contributed by atoms with Crippen molar-refractivity contribution in [3.05, 3.63) is 0 Å². The van der Waals surface area contributed by atoms with Crippen molar-refractivity contribution in [2.75, 3.05) is 24.7 Å². The first kappa shape index (κ1) is 12.7. The van der Waals surface area contributed by atoms with E-state index in [1.165, 1.54) is 24.3 Å². The van der Waals surface area contributed by atoms with Crippen LogP contribution in [0.5, 0.6) is 0 Å². The molecular formula is C12H23NO2S. The molecule has 0 bridgehead atoms. The van der Waals surface area contributed by atoms with Gasteiger partial charge >= 0.3 is 0 Å². The summed E-state index contributed by atoms with van der Waals surface area (Å²) >= 11 is 2.04. The van der Waals surface area contributed by atoms with Crippen LogP contribution in [0, 0.1) is 0 Å². The third-order valence-corrected chi connectivity index (χ3v) is 4.68. The van der Waals surface area contributed by atoms with Crippen LogP contribution in [0.3, 0.4) is 0 Å². The predicted molar refractivity (Wildman–Crippen MR) is 67.9 cm³/mol. The summed E-state index contributed by atoms with van der Waals surface area (Å²) < 4.78 is 6.04. The van der Waals surface area contributed by atoms with Gasteiger partial charge in [0.2, 0.25) is 0 Å². The highest BCUT2D eigenvalue weighted by atomic mass is 32.2. The van der Waals surface area contributed by atoms with E-state index in [2.05, 4.69) is 5.32 Å². The van der Waals surface area contributed by atoms with Gasteiger partial charge in [0.1, 0.15) is 0 Å². The van der Waals surface area contributed by atoms with Crippen molar-refractivity contribution in [3.8, 4) is 0 Å². The Bertz CT molecular complexity index is 214. The highest BCUT2D eigenvalue weighted by molar-refractivity contribution is 7.99. The predicted octanol–water partition coefficient (Wildman–Crippen LogP) is 1.40. The van der Waals surface area contributed by atoms with Gasteiger partial charge in [-0.1, -0.05) is 0 Å². The Kier molecular flexibility index (Phi) is 4.53. The van der Waals surface area contributed by atoms with E-state index in [1.54, 1.807) is 0 Å². The minimum absolute atomic E-state index is 0.149. The second-order valence-corrected chi connectivity index (χ2v) is 6.31. The summed E-state index contributed by atoms with van der Waals surface area (Å²) in [7, 11) is 0. The number of hydrogen-bond donors (Lipinski definition) is 2. The van der Waals surface area contributed by atoms with Gasteiger partial charge in [-0.25, -0.2) is 0 Å². The van der Waals surface area contributed by atoms with E-state index < -0.39 is 0 Å². The first-order valence-corrected chi connectivity index (χ1v) is 7.48. The molecule has 0 aromatic heterocycles. The summed E-state index contributed by atoms with van der Waals surface area (Å²) in [6.45, 7) is 3.14. The Hall–Kier alpha value is 0.230. The van der Waals surface area contributed by atoms with Gasteiger partial charge in [-0.3, -0.25) is 0 Å². The summed E-state index contributed by atoms with van der Waals surface area (Å²) in [5.41, 5.74) is 0.149. The fourth-order valence-corrected chi connectivity index (χ4v) is 3.95. The molecule has 2 unspecified atom stereocenters. The maximum atomic E-state index is 9.07. The molecule has 3 nitrogen and oxygen atoms in total. The van der Waals surface area contributed by atoms with E-state index in [0.29, 0.717) is 6.04 Å². The molecule has 2 heterocycles. The molecule has 0 radical (unpaired) electrons. The van der Waals surface area contributed by atoms with E-state index in [4.69, 9.17) is 9.84 Å². The zero-order chi connectivity index (χ0) is 11.4. The molecule has 0 aromatic carbocycles. The minimum atomic E-state index is 0.149. The molecule has 0 saturated carbocycles. The lowest BCUT2D eigenvalue weighted by atomic mass is 9.85. The van der Waals surface area contributed by atoms with Crippen LogP contribution < -0.4 is 5.32 Å². The smallest absolute Gasteiger partial charge is 0.0713 e. The molecule has 0 aliphatic carbocycles. The van der Waals surface area contributed by atoms with E-state index in [1.807, 2.05) is 18.7 Å². The van der Waals surface area contributed by atoms with Crippen molar-refractivity contribution in [3.63, 3.8) is 0 Å². The highest BCUT2D eigenvalue weighted by Crippen LogP contribution is 2.37. The third kappa shape index (κ3) is 3.13. The summed E-state index contributed by atoms with van der Waals surface area (Å²) in [4.78, 5) is 0. The highest BCUT2D eigenvalue weighted by Gasteiger charge is 2.38. The fourth-order valence-electron chi connectivity index (χ4n) is 2.72. The van der Waals surface area contributed by atoms with Crippen molar-refractivity contribution < 1.29 is 9.84 Å². The fraction of sp³-hybridized carbons (Fsp3) is 1.00. The van der Waals surface area contributed by atoms with Crippen LogP contribution in [-0.4, -0.2) is 47.5 Å². The first-order valence-electron chi connectivity index (χ1n) is 6.33. The molecular weight excluding hydrogens is 222 g/mol. The second-order valence-electron chi connectivity index (χ2n) is 5.08. The lowest BCUT2D eigenvalue weighted by molar-refractivity contribution is -0.0944. The molecule has 2 saturated heterocycles. The summed E-state index contributed by atoms with van der Waals surface area (Å²) in [6, 6.07) is 0.733. The van der Waals surface area contributed by atoms with E-state index in [-0.39, 0.29) is 18.2 Å². The number of hydrogen-bond acceptors (Lipinski definition) is 4. The average Bonchev–Trinajstić information content (AvgIpc) is 2.30. The van der Waals surface area contributed by atoms with Crippen LogP contribution in [-0.2, 0) is 4.74 Å². The molecule has 2 fully saturated rings. The zero-order valence-electron chi connectivity index (χ0n) is 10.1. The molecule has 2 atom stereocenters. The van der Waals surface area contributed by atoms with Crippen LogP contribution in [0.1, 0.15) is 32.6 Å². The Labute approximate surface area is 102 Å². The van der Waals surface area contributed by atoms with Crippen LogP contribution in [0.15, 0.2) is 0 Å². The maximum absolute atomic E-state index is 9.07. The number of rotatable bonds is 3. The van der Waals surface area contributed by atoms with E-state index in [0.717, 1.165) is 19.4 Å². The van der Waals surface area contributed by atoms with Crippen LogP contribution >= 0.6 is 11.8 Å². The SMILES string of the molecule is CC(CO)NC1CCOC2(CCSCC2)C1. The van der Waals surface area contributed by atoms with Gasteiger partial charge in [0, 0.05) is 18.7 Å². The second kappa shape index (κ2) is 5.71. The van der Waals surface area contributed by atoms with Crippen LogP contribution in [0.4, 0.5) is 0 Å². The lowest BCUT2D eigenvalue weighted by Gasteiger charge is -2.44. The number of thioether (sulfide) groups is 1. The molecule has 94 valence electrons. The Morgan fingerprint density at radius 3 is 2.94 bits per heavy atom. The van der Waals surface area contributed by atoms with Gasteiger partial charge in [-0.15, -0.1) is 0 Å². The van der Waals surface area contributed by atoms with E-state index in [9.17, 15) is 0 Å². The molecule has 1 spiro atoms. The summed E-state index contributed by atoms with van der Waals surface area (Å²) in [5, 5.41) is 12.6. The van der Waals surface area contributed by atoms with Crippen molar-refractivity contribution >= 4 is 11.8 Å². The summed E-state index contributed by atoms with van der Waals surface area (Å²) in [6.07, 6.45) is 4.60. The zero-order valence-corrected chi connectivity index (χ0v) is 10.9. The Morgan fingerprint density at radius 2 is 2.25 bits per heavy atom. The minimum Gasteiger partial charge on any atom is -0.395 e. The molecule has 16 heavy (non-hydrogen) atoms.